The first-order valence-corrected chi connectivity index (χ1v) is 19.1. The number of phenolic OH excluding ortho intramolecular Hbond substituents is 1. The first kappa shape index (κ1) is 34.9. The Bertz CT molecular complexity index is 2230. The summed E-state index contributed by atoms with van der Waals surface area (Å²) in [5.74, 6) is 0.183. The molecular formula is C42H45F3N6O3. The fraction of sp³-hybridized carbons (Fsp3) is 0.429. The van der Waals surface area contributed by atoms with Crippen molar-refractivity contribution in [1.29, 1.82) is 0 Å². The first-order chi connectivity index (χ1) is 26.2. The number of benzene rings is 4. The quantitative estimate of drug-likeness (QED) is 0.135. The molecule has 5 heterocycles. The lowest BCUT2D eigenvalue weighted by Gasteiger charge is -2.35. The molecule has 9 rings (SSSR count). The number of rotatable bonds is 10. The number of hydrogen-bond acceptors (Lipinski definition) is 9. The van der Waals surface area contributed by atoms with Crippen LogP contribution in [0.15, 0.2) is 54.6 Å². The molecule has 0 saturated carbocycles. The zero-order valence-electron chi connectivity index (χ0n) is 30.6. The third-order valence-electron chi connectivity index (χ3n) is 12.1. The van der Waals surface area contributed by atoms with E-state index in [9.17, 15) is 9.50 Å². The van der Waals surface area contributed by atoms with Crippen LogP contribution in [0.5, 0.6) is 17.5 Å². The van der Waals surface area contributed by atoms with Gasteiger partial charge in [0.15, 0.2) is 5.82 Å². The maximum absolute atomic E-state index is 17.9. The van der Waals surface area contributed by atoms with E-state index in [4.69, 9.17) is 19.4 Å². The van der Waals surface area contributed by atoms with Gasteiger partial charge < -0.3 is 30.1 Å². The van der Waals surface area contributed by atoms with Gasteiger partial charge >= 0.3 is 6.01 Å². The molecule has 5 aromatic rings. The highest BCUT2D eigenvalue weighted by Crippen LogP contribution is 2.45. The van der Waals surface area contributed by atoms with Crippen molar-refractivity contribution in [2.24, 2.45) is 0 Å². The Hall–Kier alpha value is -4.81. The second-order valence-electron chi connectivity index (χ2n) is 15.4. The van der Waals surface area contributed by atoms with Crippen LogP contribution >= 0.6 is 0 Å². The zero-order chi connectivity index (χ0) is 37.1. The van der Waals surface area contributed by atoms with Crippen LogP contribution in [0.4, 0.5) is 24.7 Å². The van der Waals surface area contributed by atoms with Crippen LogP contribution < -0.4 is 25.0 Å². The van der Waals surface area contributed by atoms with Gasteiger partial charge in [-0.3, -0.25) is 4.90 Å². The predicted molar refractivity (Wildman–Crippen MR) is 204 cm³/mol. The van der Waals surface area contributed by atoms with Crippen LogP contribution in [0.1, 0.15) is 50.2 Å². The molecule has 0 aliphatic carbocycles. The van der Waals surface area contributed by atoms with Crippen molar-refractivity contribution in [2.75, 3.05) is 50.1 Å². The number of anilines is 2. The summed E-state index contributed by atoms with van der Waals surface area (Å²) in [5, 5.41) is 19.8. The number of aryl methyl sites for hydroxylation is 1. The van der Waals surface area contributed by atoms with Crippen LogP contribution in [0, 0.1) is 11.6 Å². The fourth-order valence-electron chi connectivity index (χ4n) is 9.50. The van der Waals surface area contributed by atoms with Gasteiger partial charge in [-0.25, -0.2) is 13.2 Å². The smallest absolute Gasteiger partial charge is 0.319 e. The molecule has 4 atom stereocenters. The lowest BCUT2D eigenvalue weighted by atomic mass is 9.91. The van der Waals surface area contributed by atoms with Crippen LogP contribution in [0.25, 0.3) is 32.8 Å². The molecule has 4 aliphatic rings. The van der Waals surface area contributed by atoms with E-state index in [1.165, 1.54) is 12.1 Å². The van der Waals surface area contributed by atoms with Gasteiger partial charge in [0.25, 0.3) is 0 Å². The van der Waals surface area contributed by atoms with Crippen molar-refractivity contribution in [2.45, 2.75) is 75.8 Å². The van der Waals surface area contributed by atoms with E-state index >= 15 is 8.78 Å². The van der Waals surface area contributed by atoms with Gasteiger partial charge in [-0.1, -0.05) is 25.1 Å². The number of phenols is 1. The van der Waals surface area contributed by atoms with E-state index in [1.54, 1.807) is 19.2 Å². The number of nitrogens with zero attached hydrogens (tertiary/aromatic N) is 4. The van der Waals surface area contributed by atoms with Crippen LogP contribution in [-0.2, 0) is 13.0 Å². The SMILES string of the molecule is CCc1c(F)ccc2cc(O)cc(-c3c(NCc4ccc(OC)cc4)cc4c(N5C[C@H]6CC[C@@H](C5)N6)nc(OC[C@@]56CCCN5C[C@H](F)C6)nc4c3F)c12. The van der Waals surface area contributed by atoms with Crippen molar-refractivity contribution in [3.8, 4) is 28.6 Å². The molecule has 2 bridgehead atoms. The molecule has 4 aliphatic heterocycles. The molecule has 4 aromatic carbocycles. The molecule has 0 amide bonds. The lowest BCUT2D eigenvalue weighted by molar-refractivity contribution is 0.107. The zero-order valence-corrected chi connectivity index (χ0v) is 30.6. The number of alkyl halides is 1. The summed E-state index contributed by atoms with van der Waals surface area (Å²) in [5.41, 5.74) is 1.94. The van der Waals surface area contributed by atoms with Gasteiger partial charge in [-0.05, 0) is 103 Å². The molecule has 12 heteroatoms. The molecule has 4 fully saturated rings. The number of aromatic hydroxyl groups is 1. The second-order valence-corrected chi connectivity index (χ2v) is 15.4. The molecule has 4 saturated heterocycles. The van der Waals surface area contributed by atoms with Crippen LogP contribution in [-0.4, -0.2) is 83.7 Å². The summed E-state index contributed by atoms with van der Waals surface area (Å²) in [6, 6.07) is 16.1. The molecule has 9 nitrogen and oxygen atoms in total. The highest BCUT2D eigenvalue weighted by molar-refractivity contribution is 6.07. The predicted octanol–water partition coefficient (Wildman–Crippen LogP) is 7.51. The lowest BCUT2D eigenvalue weighted by Crippen LogP contribution is -2.51. The van der Waals surface area contributed by atoms with Gasteiger partial charge in [-0.15, -0.1) is 0 Å². The average Bonchev–Trinajstić information content (AvgIpc) is 3.82. The Morgan fingerprint density at radius 2 is 1.81 bits per heavy atom. The number of aromatic nitrogens is 2. The van der Waals surface area contributed by atoms with Gasteiger partial charge in [-0.2, -0.15) is 9.97 Å². The van der Waals surface area contributed by atoms with E-state index in [2.05, 4.69) is 20.4 Å². The normalized spacial score (nSPS) is 23.7. The van der Waals surface area contributed by atoms with E-state index < -0.39 is 23.3 Å². The summed E-state index contributed by atoms with van der Waals surface area (Å²) in [6.45, 7) is 5.00. The van der Waals surface area contributed by atoms with Gasteiger partial charge in [0, 0.05) is 61.3 Å². The summed E-state index contributed by atoms with van der Waals surface area (Å²) in [4.78, 5) is 14.1. The van der Waals surface area contributed by atoms with Crippen molar-refractivity contribution < 1.29 is 27.8 Å². The maximum Gasteiger partial charge on any atom is 0.319 e. The molecule has 54 heavy (non-hydrogen) atoms. The number of hydrogen-bond donors (Lipinski definition) is 3. The molecule has 282 valence electrons. The van der Waals surface area contributed by atoms with Crippen LogP contribution in [0.2, 0.25) is 0 Å². The standard InChI is InChI=1S/C42H45F3N6O3/c1-3-31-34(44)12-7-25-15-29(52)16-32(36(25)31)37-35(46-19-24-5-10-30(53-2)11-6-24)17-33-39(38(37)45)48-41(49-40(33)50-21-27-8-9-28(22-50)47-27)54-23-42-13-4-14-51(42)20-26(43)18-42/h5-7,10-12,15-17,26-28,46-47,52H,3-4,8-9,13-14,18-23H2,1-2H3/t26-,27-,28+,42+/m1/s1. The van der Waals surface area contributed by atoms with Gasteiger partial charge in [0.1, 0.15) is 41.4 Å². The topological polar surface area (TPSA) is 95.0 Å². The second kappa shape index (κ2) is 13.8. The fourth-order valence-corrected chi connectivity index (χ4v) is 9.50. The molecule has 0 spiro atoms. The van der Waals surface area contributed by atoms with Crippen LogP contribution in [0.3, 0.4) is 0 Å². The third-order valence-corrected chi connectivity index (χ3v) is 12.1. The average molecular weight is 739 g/mol. The number of nitrogens with one attached hydrogen (secondary N) is 2. The number of ether oxygens (including phenoxy) is 2. The minimum atomic E-state index is -0.919. The number of piperazine rings is 1. The van der Waals surface area contributed by atoms with E-state index in [0.717, 1.165) is 43.5 Å². The van der Waals surface area contributed by atoms with E-state index in [0.29, 0.717) is 77.8 Å². The highest BCUT2D eigenvalue weighted by Gasteiger charge is 2.49. The Morgan fingerprint density at radius 1 is 1.02 bits per heavy atom. The first-order valence-electron chi connectivity index (χ1n) is 19.1. The Labute approximate surface area is 312 Å². The number of methoxy groups -OCH3 is 1. The summed E-state index contributed by atoms with van der Waals surface area (Å²) < 4.78 is 59.8. The molecule has 0 radical (unpaired) electrons. The highest BCUT2D eigenvalue weighted by atomic mass is 19.1. The molecule has 1 aromatic heterocycles. The number of halogens is 3. The third kappa shape index (κ3) is 6.13. The largest absolute Gasteiger partial charge is 0.508 e. The summed E-state index contributed by atoms with van der Waals surface area (Å²) >= 11 is 0. The van der Waals surface area contributed by atoms with Crippen molar-refractivity contribution in [3.05, 3.63) is 77.4 Å². The maximum atomic E-state index is 17.9. The Balaban J connectivity index is 1.23. The summed E-state index contributed by atoms with van der Waals surface area (Å²) in [6.07, 6.45) is 3.70. The minimum absolute atomic E-state index is 0.0387. The molecule has 0 unspecified atom stereocenters. The van der Waals surface area contributed by atoms with Crippen molar-refractivity contribution in [1.82, 2.24) is 20.2 Å². The van der Waals surface area contributed by atoms with Crippen molar-refractivity contribution in [3.63, 3.8) is 0 Å². The van der Waals surface area contributed by atoms with Gasteiger partial charge in [0.2, 0.25) is 0 Å². The monoisotopic (exact) mass is 738 g/mol. The van der Waals surface area contributed by atoms with Crippen molar-refractivity contribution >= 4 is 33.2 Å². The molecular weight excluding hydrogens is 693 g/mol. The minimum Gasteiger partial charge on any atom is -0.508 e. The van der Waals surface area contributed by atoms with Gasteiger partial charge in [0.05, 0.1) is 12.6 Å². The van der Waals surface area contributed by atoms with E-state index in [-0.39, 0.29) is 41.5 Å². The Morgan fingerprint density at radius 3 is 2.57 bits per heavy atom. The Kier molecular flexibility index (Phi) is 8.92. The molecule has 3 N–H and O–H groups in total. The van der Waals surface area contributed by atoms with E-state index in [1.807, 2.05) is 37.3 Å². The number of fused-ring (bicyclic) bond motifs is 5. The summed E-state index contributed by atoms with van der Waals surface area (Å²) in [7, 11) is 1.61.